The van der Waals surface area contributed by atoms with Gasteiger partial charge in [0.1, 0.15) is 11.5 Å². The predicted octanol–water partition coefficient (Wildman–Crippen LogP) is 3.58. The van der Waals surface area contributed by atoms with Gasteiger partial charge in [-0.1, -0.05) is 30.3 Å². The molecule has 2 fully saturated rings. The van der Waals surface area contributed by atoms with Gasteiger partial charge in [0.05, 0.1) is 18.8 Å². The summed E-state index contributed by atoms with van der Waals surface area (Å²) >= 11 is 0. The van der Waals surface area contributed by atoms with Crippen LogP contribution >= 0.6 is 0 Å². The van der Waals surface area contributed by atoms with E-state index in [2.05, 4.69) is 10.3 Å². The van der Waals surface area contributed by atoms with Gasteiger partial charge in [-0.3, -0.25) is 10.2 Å². The maximum absolute atomic E-state index is 13.6. The largest absolute Gasteiger partial charge is 0.417 e. The van der Waals surface area contributed by atoms with Gasteiger partial charge in [0, 0.05) is 49.7 Å². The van der Waals surface area contributed by atoms with E-state index in [-0.39, 0.29) is 11.8 Å². The average Bonchev–Trinajstić information content (AvgIpc) is 3.06. The second-order valence-electron chi connectivity index (χ2n) is 8.60. The molecular weight excluding hydrogens is 459 g/mol. The van der Waals surface area contributed by atoms with E-state index in [9.17, 15) is 18.0 Å². The first-order chi connectivity index (χ1) is 16.8. The van der Waals surface area contributed by atoms with E-state index >= 15 is 0 Å². The van der Waals surface area contributed by atoms with Gasteiger partial charge in [-0.05, 0) is 31.0 Å². The van der Waals surface area contributed by atoms with Gasteiger partial charge in [0.25, 0.3) is 5.91 Å². The van der Waals surface area contributed by atoms with Crippen molar-refractivity contribution in [3.8, 4) is 0 Å². The van der Waals surface area contributed by atoms with Crippen LogP contribution in [0, 0.1) is 5.41 Å². The number of carbonyl (C=O) groups excluding carboxylic acids is 1. The number of alkyl halides is 3. The monoisotopic (exact) mass is 487 g/mol. The number of hydrogen-bond donors (Lipinski definition) is 2. The Morgan fingerprint density at radius 1 is 1.14 bits per heavy atom. The number of ether oxygens (including phenoxy) is 1. The van der Waals surface area contributed by atoms with Crippen molar-refractivity contribution in [1.82, 2.24) is 15.2 Å². The first-order valence-electron chi connectivity index (χ1n) is 11.5. The standard InChI is InChI=1S/C25H28F3N5O2/c1-17-9-11-32(21-8-7-19(15-31-21)25(26,27)28)12-13-33(17)24(34)23(29)22(18-5-3-2-4-6-18)20-16-35-14-10-30-20/h2-8,15,17,29-30H,9-14,16H2,1H3/b22-20-,29-23?/t17-/m1/s1. The van der Waals surface area contributed by atoms with Crippen LogP contribution in [0.3, 0.4) is 0 Å². The van der Waals surface area contributed by atoms with E-state index in [1.54, 1.807) is 4.90 Å². The SMILES string of the molecule is C[C@@H]1CCN(c2ccc(C(F)(F)F)cn2)CCN1C(=O)C(=N)/C(=C1/COCCN1)c1ccccc1. The van der Waals surface area contributed by atoms with Gasteiger partial charge >= 0.3 is 6.18 Å². The Morgan fingerprint density at radius 3 is 2.54 bits per heavy atom. The number of pyridine rings is 1. The van der Waals surface area contributed by atoms with Gasteiger partial charge in [0.15, 0.2) is 0 Å². The molecule has 1 aromatic heterocycles. The van der Waals surface area contributed by atoms with Crippen LogP contribution in [-0.4, -0.2) is 66.9 Å². The van der Waals surface area contributed by atoms with Gasteiger partial charge in [-0.2, -0.15) is 13.2 Å². The number of amides is 1. The lowest BCUT2D eigenvalue weighted by Crippen LogP contribution is -2.44. The number of halogens is 3. The van der Waals surface area contributed by atoms with E-state index in [4.69, 9.17) is 10.1 Å². The molecule has 0 bridgehead atoms. The third-order valence-electron chi connectivity index (χ3n) is 6.28. The minimum atomic E-state index is -4.44. The fraction of sp³-hybridized carbons (Fsp3) is 0.400. The third-order valence-corrected chi connectivity index (χ3v) is 6.28. The molecular formula is C25H28F3N5O2. The molecule has 1 aromatic carbocycles. The molecule has 1 amide bonds. The van der Waals surface area contributed by atoms with E-state index in [1.807, 2.05) is 42.2 Å². The summed E-state index contributed by atoms with van der Waals surface area (Å²) in [6.45, 7) is 4.65. The van der Waals surface area contributed by atoms with Crippen LogP contribution in [0.25, 0.3) is 5.57 Å². The molecule has 0 spiro atoms. The Kier molecular flexibility index (Phi) is 7.39. The molecule has 2 aliphatic heterocycles. The zero-order valence-corrected chi connectivity index (χ0v) is 19.4. The molecule has 2 aromatic rings. The summed E-state index contributed by atoms with van der Waals surface area (Å²) in [5.74, 6) is 0.0451. The molecule has 1 atom stereocenters. The minimum Gasteiger partial charge on any atom is -0.384 e. The number of carbonyl (C=O) groups is 1. The van der Waals surface area contributed by atoms with Crippen LogP contribution in [-0.2, 0) is 15.7 Å². The Morgan fingerprint density at radius 2 is 1.91 bits per heavy atom. The maximum atomic E-state index is 13.6. The summed E-state index contributed by atoms with van der Waals surface area (Å²) < 4.78 is 44.2. The third kappa shape index (κ3) is 5.64. The fourth-order valence-electron chi connectivity index (χ4n) is 4.32. The smallest absolute Gasteiger partial charge is 0.384 e. The Labute approximate surface area is 202 Å². The van der Waals surface area contributed by atoms with Crippen LogP contribution in [0.4, 0.5) is 19.0 Å². The summed E-state index contributed by atoms with van der Waals surface area (Å²) in [5, 5.41) is 12.1. The average molecular weight is 488 g/mol. The first-order valence-corrected chi connectivity index (χ1v) is 11.5. The summed E-state index contributed by atoms with van der Waals surface area (Å²) in [5.41, 5.74) is 1.08. The van der Waals surface area contributed by atoms with Crippen LogP contribution in [0.15, 0.2) is 54.4 Å². The van der Waals surface area contributed by atoms with Gasteiger partial charge in [-0.15, -0.1) is 0 Å². The van der Waals surface area contributed by atoms with Gasteiger partial charge < -0.3 is 19.9 Å². The van der Waals surface area contributed by atoms with E-state index in [0.29, 0.717) is 62.9 Å². The molecule has 2 aliphatic rings. The van der Waals surface area contributed by atoms with Crippen molar-refractivity contribution in [2.24, 2.45) is 0 Å². The minimum absolute atomic E-state index is 0.114. The van der Waals surface area contributed by atoms with Crippen molar-refractivity contribution >= 4 is 23.0 Å². The number of anilines is 1. The molecule has 0 saturated carbocycles. The van der Waals surface area contributed by atoms with Crippen molar-refractivity contribution in [3.63, 3.8) is 0 Å². The fourth-order valence-corrected chi connectivity index (χ4v) is 4.32. The molecule has 35 heavy (non-hydrogen) atoms. The van der Waals surface area contributed by atoms with Crippen LogP contribution in [0.2, 0.25) is 0 Å². The van der Waals surface area contributed by atoms with Crippen molar-refractivity contribution < 1.29 is 22.7 Å². The van der Waals surface area contributed by atoms with Crippen LogP contribution < -0.4 is 10.2 Å². The lowest BCUT2D eigenvalue weighted by atomic mass is 9.97. The zero-order valence-electron chi connectivity index (χ0n) is 19.4. The number of aromatic nitrogens is 1. The highest BCUT2D eigenvalue weighted by Crippen LogP contribution is 2.30. The van der Waals surface area contributed by atoms with E-state index in [0.717, 1.165) is 17.8 Å². The molecule has 0 unspecified atom stereocenters. The Bertz CT molecular complexity index is 1080. The number of nitrogens with zero attached hydrogens (tertiary/aromatic N) is 3. The van der Waals surface area contributed by atoms with Gasteiger partial charge in [-0.25, -0.2) is 4.98 Å². The van der Waals surface area contributed by atoms with Crippen molar-refractivity contribution in [2.75, 3.05) is 44.3 Å². The zero-order chi connectivity index (χ0) is 25.0. The molecule has 2 N–H and O–H groups in total. The molecule has 3 heterocycles. The predicted molar refractivity (Wildman–Crippen MR) is 127 cm³/mol. The Balaban J connectivity index is 1.53. The van der Waals surface area contributed by atoms with Crippen LogP contribution in [0.5, 0.6) is 0 Å². The van der Waals surface area contributed by atoms with Crippen molar-refractivity contribution in [3.05, 3.63) is 65.5 Å². The molecule has 0 aliphatic carbocycles. The van der Waals surface area contributed by atoms with Crippen molar-refractivity contribution in [2.45, 2.75) is 25.6 Å². The number of benzene rings is 1. The number of hydrogen-bond acceptors (Lipinski definition) is 6. The number of morpholine rings is 1. The molecule has 186 valence electrons. The quantitative estimate of drug-likeness (QED) is 0.645. The highest BCUT2D eigenvalue weighted by molar-refractivity contribution is 6.54. The number of rotatable bonds is 4. The lowest BCUT2D eigenvalue weighted by Gasteiger charge is -2.29. The molecule has 0 radical (unpaired) electrons. The summed E-state index contributed by atoms with van der Waals surface area (Å²) in [4.78, 5) is 21.1. The van der Waals surface area contributed by atoms with Gasteiger partial charge in [0.2, 0.25) is 0 Å². The van der Waals surface area contributed by atoms with E-state index < -0.39 is 17.6 Å². The highest BCUT2D eigenvalue weighted by atomic mass is 19.4. The topological polar surface area (TPSA) is 81.6 Å². The van der Waals surface area contributed by atoms with E-state index in [1.165, 1.54) is 6.07 Å². The first kappa shape index (κ1) is 24.7. The van der Waals surface area contributed by atoms with Crippen molar-refractivity contribution in [1.29, 1.82) is 5.41 Å². The maximum Gasteiger partial charge on any atom is 0.417 e. The number of nitrogens with one attached hydrogen (secondary N) is 2. The second-order valence-corrected chi connectivity index (χ2v) is 8.60. The molecule has 4 rings (SSSR count). The van der Waals surface area contributed by atoms with Crippen LogP contribution in [0.1, 0.15) is 24.5 Å². The summed E-state index contributed by atoms with van der Waals surface area (Å²) in [7, 11) is 0. The lowest BCUT2D eigenvalue weighted by molar-refractivity contribution is -0.137. The second kappa shape index (κ2) is 10.5. The summed E-state index contributed by atoms with van der Waals surface area (Å²) in [6.07, 6.45) is -3.01. The molecule has 10 heteroatoms. The Hall–Kier alpha value is -3.40. The summed E-state index contributed by atoms with van der Waals surface area (Å²) in [6, 6.07) is 11.6. The molecule has 2 saturated heterocycles. The highest BCUT2D eigenvalue weighted by Gasteiger charge is 2.33. The normalized spacial score (nSPS) is 20.6. The molecule has 7 nitrogen and oxygen atoms in total.